The van der Waals surface area contributed by atoms with Gasteiger partial charge in [-0.2, -0.15) is 10.2 Å². The summed E-state index contributed by atoms with van der Waals surface area (Å²) in [5.74, 6) is -0.336. The summed E-state index contributed by atoms with van der Waals surface area (Å²) in [6, 6.07) is 26.9. The van der Waals surface area contributed by atoms with E-state index in [0.717, 1.165) is 11.1 Å². The lowest BCUT2D eigenvalue weighted by molar-refractivity contribution is 0.103. The Balaban J connectivity index is 1.61. The van der Waals surface area contributed by atoms with Crippen molar-refractivity contribution in [1.82, 2.24) is 0 Å². The average Bonchev–Trinajstić information content (AvgIpc) is 3.05. The maximum absolute atomic E-state index is 12.9. The molecule has 4 heteroatoms. The van der Waals surface area contributed by atoms with Gasteiger partial charge in [0.2, 0.25) is 0 Å². The topological polar surface area (TPSA) is 62.0 Å². The number of rotatable bonds is 3. The number of azo groups is 1. The number of nitrogens with zero attached hydrogens (tertiary/aromatic N) is 2. The van der Waals surface area contributed by atoms with Gasteiger partial charge in [-0.15, -0.1) is 0 Å². The van der Waals surface area contributed by atoms with Crippen molar-refractivity contribution < 1.29 is 9.90 Å². The molecule has 0 fully saturated rings. The van der Waals surface area contributed by atoms with Crippen molar-refractivity contribution in [2.24, 2.45) is 10.2 Å². The summed E-state index contributed by atoms with van der Waals surface area (Å²) in [5, 5.41) is 19.7. The van der Waals surface area contributed by atoms with E-state index in [-0.39, 0.29) is 29.1 Å². The first kappa shape index (κ1) is 17.3. The maximum Gasteiger partial charge on any atom is 0.199 e. The van der Waals surface area contributed by atoms with Crippen LogP contribution in [0.4, 0.5) is 0 Å². The van der Waals surface area contributed by atoms with Crippen LogP contribution in [-0.2, 0) is 0 Å². The fraction of sp³-hybridized carbons (Fsp3) is 0.0800. The van der Waals surface area contributed by atoms with Gasteiger partial charge < -0.3 is 5.11 Å². The highest BCUT2D eigenvalue weighted by molar-refractivity contribution is 6.22. The highest BCUT2D eigenvalue weighted by Gasteiger charge is 2.35. The molecule has 5 rings (SSSR count). The third kappa shape index (κ3) is 2.90. The first-order valence-corrected chi connectivity index (χ1v) is 9.54. The van der Waals surface area contributed by atoms with Crippen LogP contribution in [0.1, 0.15) is 39.0 Å². The monoisotopic (exact) mass is 378 g/mol. The van der Waals surface area contributed by atoms with Gasteiger partial charge in [-0.1, -0.05) is 84.9 Å². The summed E-state index contributed by atoms with van der Waals surface area (Å²) in [6.45, 7) is 0. The van der Waals surface area contributed by atoms with E-state index in [4.69, 9.17) is 0 Å². The van der Waals surface area contributed by atoms with Crippen molar-refractivity contribution in [3.63, 3.8) is 0 Å². The zero-order valence-corrected chi connectivity index (χ0v) is 15.6. The molecule has 2 atom stereocenters. The Morgan fingerprint density at radius 2 is 1.31 bits per heavy atom. The van der Waals surface area contributed by atoms with Gasteiger partial charge in [0.25, 0.3) is 0 Å². The van der Waals surface area contributed by atoms with Gasteiger partial charge in [-0.25, -0.2) is 0 Å². The predicted molar refractivity (Wildman–Crippen MR) is 112 cm³/mol. The number of hydrogen-bond acceptors (Lipinski definition) is 4. The largest absolute Gasteiger partial charge is 0.506 e. The molecule has 0 aromatic heterocycles. The number of hydrogen-bond donors (Lipinski definition) is 1. The van der Waals surface area contributed by atoms with E-state index >= 15 is 0 Å². The molecule has 0 saturated heterocycles. The van der Waals surface area contributed by atoms with Crippen molar-refractivity contribution in [2.75, 3.05) is 0 Å². The van der Waals surface area contributed by atoms with E-state index < -0.39 is 0 Å². The number of carbonyl (C=O) groups excluding carboxylic acids is 1. The number of aliphatic hydroxyl groups excluding tert-OH is 1. The summed E-state index contributed by atoms with van der Waals surface area (Å²) in [6.07, 6.45) is 1.95. The Hall–Kier alpha value is -3.79. The Bertz CT molecular complexity index is 1180. The average molecular weight is 378 g/mol. The molecule has 1 aliphatic carbocycles. The highest BCUT2D eigenvalue weighted by atomic mass is 16.3. The number of Topliss-reactive ketones (excluding diaryl/α,β-unsaturated/α-hetero) is 1. The Morgan fingerprint density at radius 3 is 1.97 bits per heavy atom. The van der Waals surface area contributed by atoms with Crippen LogP contribution in [0.25, 0.3) is 5.76 Å². The number of allylic oxidation sites excluding steroid dienone is 1. The number of aliphatic hydroxyl groups is 1. The SMILES string of the molecule is O=C1C(C2=C[C@H](c3ccccc3)[C@@H](c3ccccc3)N=N2)=C(O)c2ccccc21. The molecule has 1 heterocycles. The molecule has 29 heavy (non-hydrogen) atoms. The van der Waals surface area contributed by atoms with Gasteiger partial charge in [0.15, 0.2) is 5.78 Å². The summed E-state index contributed by atoms with van der Waals surface area (Å²) in [5.41, 5.74) is 3.83. The molecule has 3 aromatic rings. The van der Waals surface area contributed by atoms with Gasteiger partial charge in [0.1, 0.15) is 11.8 Å². The maximum atomic E-state index is 12.9. The third-order valence-electron chi connectivity index (χ3n) is 5.44. The number of ketones is 1. The Morgan fingerprint density at radius 1 is 0.724 bits per heavy atom. The smallest absolute Gasteiger partial charge is 0.199 e. The minimum atomic E-state index is -0.215. The third-order valence-corrected chi connectivity index (χ3v) is 5.44. The second-order valence-corrected chi connectivity index (χ2v) is 7.16. The minimum Gasteiger partial charge on any atom is -0.506 e. The standard InChI is InChI=1S/C25H18N2O2/c28-24-18-13-7-8-14-19(18)25(29)22(24)21-15-20(16-9-3-1-4-10-16)23(27-26-21)17-11-5-2-6-12-17/h1-15,20,23,28H/t20-,23-/m1/s1. The lowest BCUT2D eigenvalue weighted by Gasteiger charge is -2.25. The minimum absolute atomic E-state index is 0.0271. The molecule has 0 saturated carbocycles. The van der Waals surface area contributed by atoms with Crippen LogP contribution in [0.3, 0.4) is 0 Å². The van der Waals surface area contributed by atoms with Crippen LogP contribution in [0.5, 0.6) is 0 Å². The lowest BCUT2D eigenvalue weighted by Crippen LogP contribution is -2.13. The van der Waals surface area contributed by atoms with E-state index in [0.29, 0.717) is 16.8 Å². The number of fused-ring (bicyclic) bond motifs is 1. The molecular weight excluding hydrogens is 360 g/mol. The fourth-order valence-electron chi connectivity index (χ4n) is 4.00. The fourth-order valence-corrected chi connectivity index (χ4v) is 4.00. The molecule has 0 bridgehead atoms. The predicted octanol–water partition coefficient (Wildman–Crippen LogP) is 6.03. The molecule has 1 N–H and O–H groups in total. The van der Waals surface area contributed by atoms with Crippen LogP contribution in [0.15, 0.2) is 113 Å². The van der Waals surface area contributed by atoms with Gasteiger partial charge in [-0.3, -0.25) is 4.79 Å². The van der Waals surface area contributed by atoms with Crippen LogP contribution >= 0.6 is 0 Å². The molecular formula is C25H18N2O2. The van der Waals surface area contributed by atoms with E-state index in [1.165, 1.54) is 0 Å². The van der Waals surface area contributed by atoms with Gasteiger partial charge >= 0.3 is 0 Å². The summed E-state index contributed by atoms with van der Waals surface area (Å²) >= 11 is 0. The summed E-state index contributed by atoms with van der Waals surface area (Å²) < 4.78 is 0. The van der Waals surface area contributed by atoms with Gasteiger partial charge in [0, 0.05) is 17.0 Å². The molecule has 0 amide bonds. The Labute approximate surface area is 168 Å². The second-order valence-electron chi connectivity index (χ2n) is 7.16. The van der Waals surface area contributed by atoms with Crippen LogP contribution in [0.2, 0.25) is 0 Å². The van der Waals surface area contributed by atoms with Crippen molar-refractivity contribution >= 4 is 11.5 Å². The summed E-state index contributed by atoms with van der Waals surface area (Å²) in [7, 11) is 0. The molecule has 0 radical (unpaired) electrons. The normalized spacial score (nSPS) is 20.6. The quantitative estimate of drug-likeness (QED) is 0.605. The first-order valence-electron chi connectivity index (χ1n) is 9.54. The molecule has 0 unspecified atom stereocenters. The zero-order chi connectivity index (χ0) is 19.8. The van der Waals surface area contributed by atoms with Crippen molar-refractivity contribution in [1.29, 1.82) is 0 Å². The molecule has 4 nitrogen and oxygen atoms in total. The molecule has 1 aliphatic heterocycles. The van der Waals surface area contributed by atoms with Crippen molar-refractivity contribution in [2.45, 2.75) is 12.0 Å². The molecule has 140 valence electrons. The van der Waals surface area contributed by atoms with Crippen molar-refractivity contribution in [3.05, 3.63) is 125 Å². The Kier molecular flexibility index (Phi) is 4.17. The van der Waals surface area contributed by atoms with E-state index in [2.05, 4.69) is 22.4 Å². The molecule has 0 spiro atoms. The van der Waals surface area contributed by atoms with Crippen molar-refractivity contribution in [3.8, 4) is 0 Å². The molecule has 2 aliphatic rings. The van der Waals surface area contributed by atoms with E-state index in [1.54, 1.807) is 24.3 Å². The van der Waals surface area contributed by atoms with Crippen LogP contribution in [-0.4, -0.2) is 10.9 Å². The van der Waals surface area contributed by atoms with Crippen LogP contribution in [0, 0.1) is 0 Å². The van der Waals surface area contributed by atoms with Crippen LogP contribution < -0.4 is 0 Å². The number of carbonyl (C=O) groups is 1. The lowest BCUT2D eigenvalue weighted by atomic mass is 9.85. The first-order chi connectivity index (χ1) is 14.2. The zero-order valence-electron chi connectivity index (χ0n) is 15.6. The number of benzene rings is 3. The molecule has 3 aromatic carbocycles. The second kappa shape index (κ2) is 6.99. The van der Waals surface area contributed by atoms with E-state index in [1.807, 2.05) is 54.6 Å². The van der Waals surface area contributed by atoms with Gasteiger partial charge in [0.05, 0.1) is 11.3 Å². The van der Waals surface area contributed by atoms with E-state index in [9.17, 15) is 9.90 Å². The van der Waals surface area contributed by atoms with Gasteiger partial charge in [-0.05, 0) is 17.2 Å². The summed E-state index contributed by atoms with van der Waals surface area (Å²) in [4.78, 5) is 12.9. The highest BCUT2D eigenvalue weighted by Crippen LogP contribution is 2.43.